The van der Waals surface area contributed by atoms with E-state index in [4.69, 9.17) is 5.73 Å². The topological polar surface area (TPSA) is 61.7 Å². The number of thiophene rings is 1. The Labute approximate surface area is 109 Å². The molecule has 0 amide bonds. The average Bonchev–Trinajstić information content (AvgIpc) is 2.98. The van der Waals surface area contributed by atoms with Gasteiger partial charge in [0.05, 0.1) is 11.7 Å². The molecule has 0 fully saturated rings. The van der Waals surface area contributed by atoms with Crippen molar-refractivity contribution < 1.29 is 0 Å². The monoisotopic (exact) mass is 261 g/mol. The van der Waals surface area contributed by atoms with E-state index in [2.05, 4.69) is 34.5 Å². The van der Waals surface area contributed by atoms with Gasteiger partial charge in [-0.15, -0.1) is 11.3 Å². The molecule has 0 aromatic carbocycles. The van der Waals surface area contributed by atoms with Gasteiger partial charge >= 0.3 is 0 Å². The summed E-state index contributed by atoms with van der Waals surface area (Å²) in [5.74, 6) is 0.544. The summed E-state index contributed by atoms with van der Waals surface area (Å²) in [6.45, 7) is 4.08. The van der Waals surface area contributed by atoms with Gasteiger partial charge in [-0.1, -0.05) is 6.07 Å². The van der Waals surface area contributed by atoms with Crippen molar-refractivity contribution in [3.05, 3.63) is 28.1 Å². The Hall–Kier alpha value is -1.82. The highest BCUT2D eigenvalue weighted by Crippen LogP contribution is 2.30. The van der Waals surface area contributed by atoms with Crippen molar-refractivity contribution >= 4 is 28.4 Å². The minimum absolute atomic E-state index is 0.171. The van der Waals surface area contributed by atoms with Gasteiger partial charge in [0.25, 0.3) is 0 Å². The lowest BCUT2D eigenvalue weighted by Gasteiger charge is -2.14. The Morgan fingerprint density at radius 3 is 2.89 bits per heavy atom. The molecular formula is C12H15N5S. The van der Waals surface area contributed by atoms with Crippen LogP contribution < -0.4 is 5.73 Å². The molecule has 0 saturated carbocycles. The molecule has 0 aliphatic carbocycles. The zero-order valence-corrected chi connectivity index (χ0v) is 11.4. The first kappa shape index (κ1) is 11.3. The third kappa shape index (κ3) is 1.45. The van der Waals surface area contributed by atoms with Crippen molar-refractivity contribution in [3.8, 4) is 0 Å². The van der Waals surface area contributed by atoms with Gasteiger partial charge in [0.2, 0.25) is 5.95 Å². The number of hydrogen-bond acceptors (Lipinski definition) is 4. The van der Waals surface area contributed by atoms with Crippen LogP contribution in [0.5, 0.6) is 0 Å². The minimum Gasteiger partial charge on any atom is -0.369 e. The molecular weight excluding hydrogens is 246 g/mol. The molecule has 3 heterocycles. The number of hydrogen-bond donors (Lipinski definition) is 1. The van der Waals surface area contributed by atoms with E-state index in [1.54, 1.807) is 11.3 Å². The van der Waals surface area contributed by atoms with Gasteiger partial charge in [0.15, 0.2) is 5.65 Å². The highest BCUT2D eigenvalue weighted by atomic mass is 32.1. The third-order valence-electron chi connectivity index (χ3n) is 3.20. The molecule has 3 aromatic rings. The Balaban J connectivity index is 2.25. The molecule has 5 nitrogen and oxygen atoms in total. The first-order valence-electron chi connectivity index (χ1n) is 5.80. The second-order valence-corrected chi connectivity index (χ2v) is 5.39. The van der Waals surface area contributed by atoms with Crippen molar-refractivity contribution in [3.63, 3.8) is 0 Å². The van der Waals surface area contributed by atoms with Crippen molar-refractivity contribution in [1.29, 1.82) is 0 Å². The van der Waals surface area contributed by atoms with Crippen LogP contribution in [0.4, 0.5) is 5.95 Å². The molecule has 2 N–H and O–H groups in total. The molecule has 3 rings (SSSR count). The van der Waals surface area contributed by atoms with E-state index in [0.717, 1.165) is 16.9 Å². The summed E-state index contributed by atoms with van der Waals surface area (Å²) < 4.78 is 3.89. The Bertz CT molecular complexity index is 692. The standard InChI is InChI=1S/C12H15N5S/c1-7-10-11(16(3)15-7)17(12(13)14-10)8(2)9-5-4-6-18-9/h4-6,8H,1-3H3,(H2,13,14). The van der Waals surface area contributed by atoms with Gasteiger partial charge in [-0.2, -0.15) is 5.10 Å². The lowest BCUT2D eigenvalue weighted by Crippen LogP contribution is -2.11. The largest absolute Gasteiger partial charge is 0.369 e. The Kier molecular flexibility index (Phi) is 2.41. The summed E-state index contributed by atoms with van der Waals surface area (Å²) >= 11 is 1.73. The average molecular weight is 261 g/mol. The van der Waals surface area contributed by atoms with Crippen molar-refractivity contribution in [2.45, 2.75) is 19.9 Å². The van der Waals surface area contributed by atoms with Crippen LogP contribution in [0, 0.1) is 6.92 Å². The molecule has 1 unspecified atom stereocenters. The number of aromatic nitrogens is 4. The second kappa shape index (κ2) is 3.84. The molecule has 0 aliphatic rings. The summed E-state index contributed by atoms with van der Waals surface area (Å²) in [6.07, 6.45) is 0. The van der Waals surface area contributed by atoms with E-state index in [1.165, 1.54) is 4.88 Å². The zero-order chi connectivity index (χ0) is 12.9. The number of anilines is 1. The van der Waals surface area contributed by atoms with Crippen LogP contribution in [0.2, 0.25) is 0 Å². The number of aryl methyl sites for hydroxylation is 2. The van der Waals surface area contributed by atoms with E-state index < -0.39 is 0 Å². The van der Waals surface area contributed by atoms with Crippen LogP contribution in [0.15, 0.2) is 17.5 Å². The van der Waals surface area contributed by atoms with Crippen LogP contribution >= 0.6 is 11.3 Å². The summed E-state index contributed by atoms with van der Waals surface area (Å²) in [7, 11) is 1.92. The lowest BCUT2D eigenvalue weighted by molar-refractivity contribution is 0.645. The highest BCUT2D eigenvalue weighted by molar-refractivity contribution is 7.10. The molecule has 1 atom stereocenters. The van der Waals surface area contributed by atoms with E-state index in [1.807, 2.05) is 23.2 Å². The summed E-state index contributed by atoms with van der Waals surface area (Å²) in [5.41, 5.74) is 8.84. The van der Waals surface area contributed by atoms with Gasteiger partial charge in [-0.3, -0.25) is 9.25 Å². The molecule has 94 valence electrons. The molecule has 0 radical (unpaired) electrons. The maximum atomic E-state index is 6.06. The van der Waals surface area contributed by atoms with Crippen LogP contribution in [0.25, 0.3) is 11.2 Å². The summed E-state index contributed by atoms with van der Waals surface area (Å²) in [6, 6.07) is 4.34. The van der Waals surface area contributed by atoms with Gasteiger partial charge in [0.1, 0.15) is 5.52 Å². The maximum absolute atomic E-state index is 6.06. The van der Waals surface area contributed by atoms with E-state index >= 15 is 0 Å². The predicted molar refractivity (Wildman–Crippen MR) is 73.8 cm³/mol. The Morgan fingerprint density at radius 2 is 2.22 bits per heavy atom. The predicted octanol–water partition coefficient (Wildman–Crippen LogP) is 2.33. The van der Waals surface area contributed by atoms with E-state index in [0.29, 0.717) is 5.95 Å². The van der Waals surface area contributed by atoms with Crippen LogP contribution in [-0.4, -0.2) is 19.3 Å². The van der Waals surface area contributed by atoms with Crippen LogP contribution in [0.3, 0.4) is 0 Å². The van der Waals surface area contributed by atoms with Gasteiger partial charge in [0, 0.05) is 11.9 Å². The number of fused-ring (bicyclic) bond motifs is 1. The van der Waals surface area contributed by atoms with Crippen LogP contribution in [0.1, 0.15) is 23.5 Å². The fourth-order valence-corrected chi connectivity index (χ4v) is 3.12. The van der Waals surface area contributed by atoms with E-state index in [9.17, 15) is 0 Å². The quantitative estimate of drug-likeness (QED) is 0.770. The number of nitrogens with two attached hydrogens (primary N) is 1. The summed E-state index contributed by atoms with van der Waals surface area (Å²) in [4.78, 5) is 5.69. The maximum Gasteiger partial charge on any atom is 0.203 e. The van der Waals surface area contributed by atoms with Gasteiger partial charge in [-0.05, 0) is 25.3 Å². The number of nitrogen functional groups attached to an aromatic ring is 1. The number of imidazole rings is 1. The normalized spacial score (nSPS) is 13.3. The minimum atomic E-state index is 0.171. The second-order valence-electron chi connectivity index (χ2n) is 4.41. The number of rotatable bonds is 2. The summed E-state index contributed by atoms with van der Waals surface area (Å²) in [5, 5.41) is 6.47. The fraction of sp³-hybridized carbons (Fsp3) is 0.333. The van der Waals surface area contributed by atoms with Crippen molar-refractivity contribution in [2.75, 3.05) is 5.73 Å². The fourth-order valence-electron chi connectivity index (χ4n) is 2.35. The SMILES string of the molecule is Cc1nn(C)c2c1nc(N)n2C(C)c1cccs1. The first-order valence-corrected chi connectivity index (χ1v) is 6.68. The molecule has 0 aliphatic heterocycles. The molecule has 0 spiro atoms. The Morgan fingerprint density at radius 1 is 1.44 bits per heavy atom. The van der Waals surface area contributed by atoms with Crippen molar-refractivity contribution in [2.24, 2.45) is 7.05 Å². The smallest absolute Gasteiger partial charge is 0.203 e. The van der Waals surface area contributed by atoms with Gasteiger partial charge < -0.3 is 5.73 Å². The van der Waals surface area contributed by atoms with Crippen LogP contribution in [-0.2, 0) is 7.05 Å². The van der Waals surface area contributed by atoms with E-state index in [-0.39, 0.29) is 6.04 Å². The molecule has 6 heteroatoms. The molecule has 3 aromatic heterocycles. The lowest BCUT2D eigenvalue weighted by atomic mass is 10.2. The molecule has 0 bridgehead atoms. The third-order valence-corrected chi connectivity index (χ3v) is 4.25. The van der Waals surface area contributed by atoms with Crippen molar-refractivity contribution in [1.82, 2.24) is 19.3 Å². The first-order chi connectivity index (χ1) is 8.59. The van der Waals surface area contributed by atoms with Gasteiger partial charge in [-0.25, -0.2) is 4.98 Å². The highest BCUT2D eigenvalue weighted by Gasteiger charge is 2.20. The molecule has 18 heavy (non-hydrogen) atoms. The molecule has 0 saturated heterocycles. The zero-order valence-electron chi connectivity index (χ0n) is 10.6. The number of nitrogens with zero attached hydrogens (tertiary/aromatic N) is 4.